The van der Waals surface area contributed by atoms with Crippen LogP contribution in [0.2, 0.25) is 0 Å². The van der Waals surface area contributed by atoms with Crippen LogP contribution in [-0.4, -0.2) is 50.1 Å². The monoisotopic (exact) mass is 488 g/mol. The molecule has 36 heavy (non-hydrogen) atoms. The Bertz CT molecular complexity index is 1250. The molecule has 0 aliphatic carbocycles. The fourth-order valence-corrected chi connectivity index (χ4v) is 4.05. The smallest absolute Gasteiger partial charge is 0.261 e. The molecule has 3 aromatic carbocycles. The third-order valence-electron chi connectivity index (χ3n) is 5.99. The number of carbonyl (C=O) groups is 3. The highest BCUT2D eigenvalue weighted by Crippen LogP contribution is 2.30. The predicted octanol–water partition coefficient (Wildman–Crippen LogP) is 4.01. The molecule has 0 saturated heterocycles. The number of imide groups is 1. The van der Waals surface area contributed by atoms with Crippen LogP contribution >= 0.6 is 0 Å². The molecule has 0 saturated carbocycles. The number of methoxy groups -OCH3 is 2. The average molecular weight is 489 g/mol. The minimum absolute atomic E-state index is 0.0880. The molecule has 0 fully saturated rings. The summed E-state index contributed by atoms with van der Waals surface area (Å²) < 4.78 is 16.1. The van der Waals surface area contributed by atoms with Gasteiger partial charge in [0.25, 0.3) is 17.7 Å². The van der Waals surface area contributed by atoms with Gasteiger partial charge in [0.15, 0.2) is 11.5 Å². The van der Waals surface area contributed by atoms with Crippen molar-refractivity contribution in [1.82, 2.24) is 10.2 Å². The molecule has 1 heterocycles. The summed E-state index contributed by atoms with van der Waals surface area (Å²) >= 11 is 0. The molecular weight excluding hydrogens is 460 g/mol. The first-order valence-electron chi connectivity index (χ1n) is 11.6. The molecule has 1 aliphatic rings. The summed E-state index contributed by atoms with van der Waals surface area (Å²) in [6.07, 6.45) is 0. The lowest BCUT2D eigenvalue weighted by Gasteiger charge is -2.18. The minimum Gasteiger partial charge on any atom is -0.493 e. The lowest BCUT2D eigenvalue weighted by molar-refractivity contribution is 0.0642. The highest BCUT2D eigenvalue weighted by atomic mass is 16.5. The molecule has 1 aliphatic heterocycles. The number of amides is 3. The number of benzene rings is 3. The van der Waals surface area contributed by atoms with Crippen LogP contribution in [0, 0.1) is 0 Å². The van der Waals surface area contributed by atoms with Crippen molar-refractivity contribution in [2.75, 3.05) is 27.4 Å². The lowest BCUT2D eigenvalue weighted by atomic mass is 10.1. The summed E-state index contributed by atoms with van der Waals surface area (Å²) in [7, 11) is 3.17. The van der Waals surface area contributed by atoms with Crippen LogP contribution in [0.15, 0.2) is 66.7 Å². The Morgan fingerprint density at radius 1 is 0.889 bits per heavy atom. The molecule has 1 atom stereocenters. The van der Waals surface area contributed by atoms with E-state index in [0.29, 0.717) is 47.0 Å². The Labute approximate surface area is 209 Å². The SMILES string of the molecule is COCCOc1ccc(C(C)NC(=O)c2cccc(CN3C(=O)c4ccccc4C3=O)c2)cc1OC. The van der Waals surface area contributed by atoms with Gasteiger partial charge in [-0.05, 0) is 54.4 Å². The van der Waals surface area contributed by atoms with Crippen LogP contribution in [0.25, 0.3) is 0 Å². The summed E-state index contributed by atoms with van der Waals surface area (Å²) in [5, 5.41) is 2.99. The van der Waals surface area contributed by atoms with E-state index in [1.807, 2.05) is 19.1 Å². The second kappa shape index (κ2) is 11.0. The quantitative estimate of drug-likeness (QED) is 0.342. The normalized spacial score (nSPS) is 13.4. The number of rotatable bonds is 10. The molecular formula is C28H28N2O6. The fraction of sp³-hybridized carbons (Fsp3) is 0.250. The molecule has 0 bridgehead atoms. The van der Waals surface area contributed by atoms with Gasteiger partial charge in [0.1, 0.15) is 6.61 Å². The molecule has 8 heteroatoms. The van der Waals surface area contributed by atoms with Crippen molar-refractivity contribution in [1.29, 1.82) is 0 Å². The van der Waals surface area contributed by atoms with Crippen molar-refractivity contribution in [2.24, 2.45) is 0 Å². The van der Waals surface area contributed by atoms with Gasteiger partial charge in [-0.15, -0.1) is 0 Å². The van der Waals surface area contributed by atoms with Crippen LogP contribution in [0.4, 0.5) is 0 Å². The van der Waals surface area contributed by atoms with Gasteiger partial charge in [-0.3, -0.25) is 19.3 Å². The van der Waals surface area contributed by atoms with Gasteiger partial charge in [0, 0.05) is 12.7 Å². The highest BCUT2D eigenvalue weighted by Gasteiger charge is 2.35. The van der Waals surface area contributed by atoms with Crippen molar-refractivity contribution in [3.63, 3.8) is 0 Å². The Balaban J connectivity index is 1.43. The third kappa shape index (κ3) is 5.23. The van der Waals surface area contributed by atoms with E-state index in [0.717, 1.165) is 5.56 Å². The molecule has 0 radical (unpaired) electrons. The van der Waals surface area contributed by atoms with Crippen molar-refractivity contribution < 1.29 is 28.6 Å². The first-order valence-corrected chi connectivity index (χ1v) is 11.6. The molecule has 4 rings (SSSR count). The van der Waals surface area contributed by atoms with E-state index in [2.05, 4.69) is 5.32 Å². The van der Waals surface area contributed by atoms with Gasteiger partial charge in [0.05, 0.1) is 37.4 Å². The largest absolute Gasteiger partial charge is 0.493 e. The maximum Gasteiger partial charge on any atom is 0.261 e. The second-order valence-electron chi connectivity index (χ2n) is 8.39. The topological polar surface area (TPSA) is 94.2 Å². The zero-order valence-electron chi connectivity index (χ0n) is 20.4. The van der Waals surface area contributed by atoms with Gasteiger partial charge in [-0.25, -0.2) is 0 Å². The molecule has 8 nitrogen and oxygen atoms in total. The Morgan fingerprint density at radius 3 is 2.28 bits per heavy atom. The lowest BCUT2D eigenvalue weighted by Crippen LogP contribution is -2.29. The van der Waals surface area contributed by atoms with Crippen LogP contribution in [0.1, 0.15) is 55.2 Å². The summed E-state index contributed by atoms with van der Waals surface area (Å²) in [6, 6.07) is 18.9. The van der Waals surface area contributed by atoms with E-state index in [9.17, 15) is 14.4 Å². The van der Waals surface area contributed by atoms with Gasteiger partial charge in [0.2, 0.25) is 0 Å². The Morgan fingerprint density at radius 2 is 1.61 bits per heavy atom. The number of nitrogens with zero attached hydrogens (tertiary/aromatic N) is 1. The van der Waals surface area contributed by atoms with E-state index in [4.69, 9.17) is 14.2 Å². The van der Waals surface area contributed by atoms with Crippen molar-refractivity contribution in [2.45, 2.75) is 19.5 Å². The van der Waals surface area contributed by atoms with Gasteiger partial charge >= 0.3 is 0 Å². The molecule has 0 spiro atoms. The maximum atomic E-state index is 13.0. The maximum absolute atomic E-state index is 13.0. The molecule has 3 amide bonds. The number of fused-ring (bicyclic) bond motifs is 1. The summed E-state index contributed by atoms with van der Waals surface area (Å²) in [6.45, 7) is 2.82. The third-order valence-corrected chi connectivity index (χ3v) is 5.99. The van der Waals surface area contributed by atoms with Crippen molar-refractivity contribution in [3.05, 3.63) is 94.5 Å². The summed E-state index contributed by atoms with van der Waals surface area (Å²) in [5.41, 5.74) is 2.76. The fourth-order valence-electron chi connectivity index (χ4n) is 4.05. The standard InChI is InChI=1S/C28H28N2O6/c1-18(20-11-12-24(25(16-20)35-3)36-14-13-34-2)29-26(31)21-8-6-7-19(15-21)17-30-27(32)22-9-4-5-10-23(22)28(30)33/h4-12,15-16,18H,13-14,17H2,1-3H3,(H,29,31). The van der Waals surface area contributed by atoms with Crippen LogP contribution in [-0.2, 0) is 11.3 Å². The van der Waals surface area contributed by atoms with Gasteiger partial charge < -0.3 is 19.5 Å². The number of hydrogen-bond donors (Lipinski definition) is 1. The van der Waals surface area contributed by atoms with E-state index in [1.54, 1.807) is 68.8 Å². The number of nitrogens with one attached hydrogen (secondary N) is 1. The van der Waals surface area contributed by atoms with Gasteiger partial charge in [-0.1, -0.05) is 30.3 Å². The summed E-state index contributed by atoms with van der Waals surface area (Å²) in [4.78, 5) is 39.6. The van der Waals surface area contributed by atoms with Gasteiger partial charge in [-0.2, -0.15) is 0 Å². The van der Waals surface area contributed by atoms with Crippen molar-refractivity contribution in [3.8, 4) is 11.5 Å². The predicted molar refractivity (Wildman–Crippen MR) is 133 cm³/mol. The Kier molecular flexibility index (Phi) is 7.65. The van der Waals surface area contributed by atoms with E-state index < -0.39 is 0 Å². The second-order valence-corrected chi connectivity index (χ2v) is 8.39. The minimum atomic E-state index is -0.331. The number of hydrogen-bond acceptors (Lipinski definition) is 6. The zero-order valence-corrected chi connectivity index (χ0v) is 20.4. The first-order chi connectivity index (χ1) is 17.4. The molecule has 1 unspecified atom stereocenters. The van der Waals surface area contributed by atoms with Crippen LogP contribution < -0.4 is 14.8 Å². The average Bonchev–Trinajstić information content (AvgIpc) is 3.14. The van der Waals surface area contributed by atoms with Crippen LogP contribution in [0.3, 0.4) is 0 Å². The number of ether oxygens (including phenoxy) is 3. The number of carbonyl (C=O) groups excluding carboxylic acids is 3. The molecule has 3 aromatic rings. The van der Waals surface area contributed by atoms with E-state index in [1.165, 1.54) is 4.90 Å². The zero-order chi connectivity index (χ0) is 25.7. The molecule has 0 aromatic heterocycles. The highest BCUT2D eigenvalue weighted by molar-refractivity contribution is 6.21. The van der Waals surface area contributed by atoms with Crippen molar-refractivity contribution >= 4 is 17.7 Å². The summed E-state index contributed by atoms with van der Waals surface area (Å²) in [5.74, 6) is 0.224. The molecule has 186 valence electrons. The van der Waals surface area contributed by atoms with Crippen LogP contribution in [0.5, 0.6) is 11.5 Å². The van der Waals surface area contributed by atoms with E-state index in [-0.39, 0.29) is 30.3 Å². The van der Waals surface area contributed by atoms with E-state index >= 15 is 0 Å². The first kappa shape index (κ1) is 24.9. The molecule has 1 N–H and O–H groups in total. The Hall–Kier alpha value is -4.17.